The summed E-state index contributed by atoms with van der Waals surface area (Å²) < 4.78 is 10.3. The Morgan fingerprint density at radius 1 is 1.45 bits per heavy atom. The van der Waals surface area contributed by atoms with Crippen LogP contribution in [0.2, 0.25) is 0 Å². The van der Waals surface area contributed by atoms with Gasteiger partial charge in [0.1, 0.15) is 5.60 Å². The lowest BCUT2D eigenvalue weighted by molar-refractivity contribution is 0.0521. The van der Waals surface area contributed by atoms with Crippen molar-refractivity contribution in [1.82, 2.24) is 10.6 Å². The van der Waals surface area contributed by atoms with E-state index in [1.807, 2.05) is 26.8 Å². The van der Waals surface area contributed by atoms with Crippen molar-refractivity contribution in [1.29, 1.82) is 0 Å². The number of alkyl carbamates (subject to hydrolysis) is 1. The van der Waals surface area contributed by atoms with Crippen LogP contribution in [0, 0.1) is 0 Å². The number of hydrogen-bond acceptors (Lipinski definition) is 4. The third-order valence-electron chi connectivity index (χ3n) is 2.91. The van der Waals surface area contributed by atoms with Crippen LogP contribution in [0.25, 0.3) is 0 Å². The molecule has 0 saturated carbocycles. The Morgan fingerprint density at radius 3 is 2.65 bits per heavy atom. The summed E-state index contributed by atoms with van der Waals surface area (Å²) in [6, 6.07) is 2.30. The van der Waals surface area contributed by atoms with Crippen molar-refractivity contribution in [2.45, 2.75) is 58.7 Å². The van der Waals surface area contributed by atoms with E-state index in [1.165, 1.54) is 0 Å². The maximum Gasteiger partial charge on any atom is 0.407 e. The van der Waals surface area contributed by atoms with E-state index in [-0.39, 0.29) is 18.2 Å². The minimum atomic E-state index is -0.469. The van der Waals surface area contributed by atoms with Gasteiger partial charge in [0.25, 0.3) is 0 Å². The van der Waals surface area contributed by atoms with Crippen molar-refractivity contribution in [3.8, 4) is 0 Å². The number of hydrogen-bond donors (Lipinski definition) is 2. The van der Waals surface area contributed by atoms with Gasteiger partial charge in [0.05, 0.1) is 12.5 Å². The number of carbonyl (C=O) groups excluding carboxylic acids is 1. The summed E-state index contributed by atoms with van der Waals surface area (Å²) in [5, 5.41) is 6.25. The lowest BCUT2D eigenvalue weighted by Crippen LogP contribution is -2.43. The quantitative estimate of drug-likeness (QED) is 0.840. The van der Waals surface area contributed by atoms with Gasteiger partial charge in [-0.1, -0.05) is 6.92 Å². The smallest absolute Gasteiger partial charge is 0.407 e. The first kappa shape index (κ1) is 16.6. The summed E-state index contributed by atoms with van der Waals surface area (Å²) in [5.74, 6) is 0. The number of rotatable bonds is 6. The summed E-state index contributed by atoms with van der Waals surface area (Å²) in [6.45, 7) is 10.2. The fourth-order valence-electron chi connectivity index (χ4n) is 1.81. The van der Waals surface area contributed by atoms with E-state index in [2.05, 4.69) is 24.5 Å². The molecular formula is C15H26N2O3. The van der Waals surface area contributed by atoms with E-state index in [9.17, 15) is 4.79 Å². The Morgan fingerprint density at radius 2 is 2.15 bits per heavy atom. The van der Waals surface area contributed by atoms with Gasteiger partial charge in [-0.3, -0.25) is 0 Å². The van der Waals surface area contributed by atoms with E-state index in [0.29, 0.717) is 6.54 Å². The molecule has 114 valence electrons. The van der Waals surface area contributed by atoms with Gasteiger partial charge in [-0.25, -0.2) is 4.79 Å². The second kappa shape index (κ2) is 7.33. The van der Waals surface area contributed by atoms with Crippen LogP contribution in [0.1, 0.15) is 52.6 Å². The van der Waals surface area contributed by atoms with E-state index < -0.39 is 5.60 Å². The van der Waals surface area contributed by atoms with Crippen molar-refractivity contribution < 1.29 is 13.9 Å². The molecule has 0 aliphatic carbocycles. The predicted molar refractivity (Wildman–Crippen MR) is 78.6 cm³/mol. The van der Waals surface area contributed by atoms with Crippen molar-refractivity contribution in [2.24, 2.45) is 0 Å². The Hall–Kier alpha value is -1.49. The van der Waals surface area contributed by atoms with Gasteiger partial charge in [-0.05, 0) is 40.2 Å². The molecule has 0 aliphatic rings. The Labute approximate surface area is 121 Å². The molecule has 1 aromatic heterocycles. The number of amides is 1. The van der Waals surface area contributed by atoms with E-state index in [0.717, 1.165) is 12.0 Å². The molecule has 0 aromatic carbocycles. The van der Waals surface area contributed by atoms with Crippen LogP contribution < -0.4 is 10.6 Å². The maximum absolute atomic E-state index is 11.6. The molecule has 2 N–H and O–H groups in total. The second-order valence-electron chi connectivity index (χ2n) is 5.93. The van der Waals surface area contributed by atoms with Crippen LogP contribution in [-0.2, 0) is 4.74 Å². The van der Waals surface area contributed by atoms with Crippen LogP contribution in [0.4, 0.5) is 4.79 Å². The molecule has 0 fully saturated rings. The average Bonchev–Trinajstić information content (AvgIpc) is 2.85. The molecule has 0 spiro atoms. The summed E-state index contributed by atoms with van der Waals surface area (Å²) in [6.07, 6.45) is 3.92. The molecule has 0 radical (unpaired) electrons. The fourth-order valence-corrected chi connectivity index (χ4v) is 1.81. The second-order valence-corrected chi connectivity index (χ2v) is 5.93. The molecule has 1 rings (SSSR count). The standard InChI is InChI=1S/C15H26N2O3/c1-6-13(9-16-14(18)20-15(3,4)5)17-11(2)12-7-8-19-10-12/h7-8,10-11,13,17H,6,9H2,1-5H3,(H,16,18). The van der Waals surface area contributed by atoms with Crippen molar-refractivity contribution >= 4 is 6.09 Å². The summed E-state index contributed by atoms with van der Waals surface area (Å²) in [4.78, 5) is 11.6. The molecule has 5 nitrogen and oxygen atoms in total. The molecule has 2 unspecified atom stereocenters. The van der Waals surface area contributed by atoms with Crippen LogP contribution in [0.3, 0.4) is 0 Å². The normalized spacial score (nSPS) is 14.7. The minimum Gasteiger partial charge on any atom is -0.472 e. The topological polar surface area (TPSA) is 63.5 Å². The molecule has 1 heterocycles. The average molecular weight is 282 g/mol. The van der Waals surface area contributed by atoms with Gasteiger partial charge >= 0.3 is 6.09 Å². The minimum absolute atomic E-state index is 0.180. The highest BCUT2D eigenvalue weighted by Gasteiger charge is 2.18. The molecule has 0 bridgehead atoms. The number of ether oxygens (including phenoxy) is 1. The third-order valence-corrected chi connectivity index (χ3v) is 2.91. The maximum atomic E-state index is 11.6. The molecule has 0 aliphatic heterocycles. The molecular weight excluding hydrogens is 256 g/mol. The molecule has 5 heteroatoms. The van der Waals surface area contributed by atoms with Crippen LogP contribution in [0.15, 0.2) is 23.0 Å². The highest BCUT2D eigenvalue weighted by molar-refractivity contribution is 5.67. The highest BCUT2D eigenvalue weighted by atomic mass is 16.6. The Bertz CT molecular complexity index is 396. The van der Waals surface area contributed by atoms with Crippen LogP contribution in [0.5, 0.6) is 0 Å². The lowest BCUT2D eigenvalue weighted by Gasteiger charge is -2.24. The third kappa shape index (κ3) is 6.10. The summed E-state index contributed by atoms with van der Waals surface area (Å²) in [7, 11) is 0. The SMILES string of the molecule is CCC(CNC(=O)OC(C)(C)C)NC(C)c1ccoc1. The van der Waals surface area contributed by atoms with Gasteiger partial charge in [0.2, 0.25) is 0 Å². The highest BCUT2D eigenvalue weighted by Crippen LogP contribution is 2.13. The Kier molecular flexibility index (Phi) is 6.07. The lowest BCUT2D eigenvalue weighted by atomic mass is 10.1. The zero-order chi connectivity index (χ0) is 15.2. The number of nitrogens with one attached hydrogen (secondary N) is 2. The molecule has 1 amide bonds. The summed E-state index contributed by atoms with van der Waals surface area (Å²) >= 11 is 0. The molecule has 0 saturated heterocycles. The van der Waals surface area contributed by atoms with Crippen molar-refractivity contribution in [3.63, 3.8) is 0 Å². The largest absolute Gasteiger partial charge is 0.472 e. The van der Waals surface area contributed by atoms with Gasteiger partial charge in [0, 0.05) is 24.2 Å². The van der Waals surface area contributed by atoms with Crippen LogP contribution >= 0.6 is 0 Å². The van der Waals surface area contributed by atoms with E-state index in [1.54, 1.807) is 12.5 Å². The summed E-state index contributed by atoms with van der Waals surface area (Å²) in [5.41, 5.74) is 0.629. The fraction of sp³-hybridized carbons (Fsp3) is 0.667. The van der Waals surface area contributed by atoms with Gasteiger partial charge in [-0.2, -0.15) is 0 Å². The zero-order valence-electron chi connectivity index (χ0n) is 13.0. The predicted octanol–water partition coefficient (Wildman–Crippen LogP) is 3.23. The Balaban J connectivity index is 2.38. The van der Waals surface area contributed by atoms with E-state index in [4.69, 9.17) is 9.15 Å². The first-order valence-corrected chi connectivity index (χ1v) is 7.06. The van der Waals surface area contributed by atoms with Gasteiger partial charge in [-0.15, -0.1) is 0 Å². The van der Waals surface area contributed by atoms with Crippen molar-refractivity contribution in [3.05, 3.63) is 24.2 Å². The first-order valence-electron chi connectivity index (χ1n) is 7.06. The number of carbonyl (C=O) groups is 1. The van der Waals surface area contributed by atoms with Crippen LogP contribution in [-0.4, -0.2) is 24.3 Å². The van der Waals surface area contributed by atoms with Crippen molar-refractivity contribution in [2.75, 3.05) is 6.54 Å². The van der Waals surface area contributed by atoms with Gasteiger partial charge in [0.15, 0.2) is 0 Å². The molecule has 2 atom stereocenters. The molecule has 20 heavy (non-hydrogen) atoms. The molecule has 1 aromatic rings. The first-order chi connectivity index (χ1) is 9.31. The monoisotopic (exact) mass is 282 g/mol. The van der Waals surface area contributed by atoms with E-state index >= 15 is 0 Å². The zero-order valence-corrected chi connectivity index (χ0v) is 13.0. The van der Waals surface area contributed by atoms with Gasteiger partial charge < -0.3 is 19.8 Å². The number of furan rings is 1.